The van der Waals surface area contributed by atoms with Crippen molar-refractivity contribution >= 4 is 22.6 Å². The van der Waals surface area contributed by atoms with Gasteiger partial charge in [-0.25, -0.2) is 4.98 Å². The Balaban J connectivity index is 2.18. The molecular weight excluding hydrogens is 264 g/mol. The van der Waals surface area contributed by atoms with Gasteiger partial charge in [0.2, 0.25) is 0 Å². The first-order chi connectivity index (χ1) is 9.24. The lowest BCUT2D eigenvalue weighted by atomic mass is 10.1. The molecular formula is C14H17ClN2O2. The van der Waals surface area contributed by atoms with Crippen LogP contribution in [-0.4, -0.2) is 29.4 Å². The molecule has 102 valence electrons. The molecule has 3 rings (SSSR count). The first-order valence-electron chi connectivity index (χ1n) is 6.47. The molecule has 4 nitrogen and oxygen atoms in total. The van der Waals surface area contributed by atoms with E-state index in [0.29, 0.717) is 11.9 Å². The Labute approximate surface area is 117 Å². The van der Waals surface area contributed by atoms with Crippen LogP contribution in [0, 0.1) is 0 Å². The highest BCUT2D eigenvalue weighted by atomic mass is 35.5. The zero-order chi connectivity index (χ0) is 13.4. The summed E-state index contributed by atoms with van der Waals surface area (Å²) in [5.41, 5.74) is 2.02. The van der Waals surface area contributed by atoms with Gasteiger partial charge in [0.25, 0.3) is 0 Å². The number of halogens is 1. The molecule has 1 saturated heterocycles. The molecule has 0 bridgehead atoms. The summed E-state index contributed by atoms with van der Waals surface area (Å²) in [4.78, 5) is 4.61. The summed E-state index contributed by atoms with van der Waals surface area (Å²) in [6, 6.07) is 6.21. The van der Waals surface area contributed by atoms with E-state index < -0.39 is 0 Å². The van der Waals surface area contributed by atoms with Crippen molar-refractivity contribution in [1.82, 2.24) is 9.55 Å². The molecule has 2 unspecified atom stereocenters. The van der Waals surface area contributed by atoms with Gasteiger partial charge in [-0.2, -0.15) is 0 Å². The lowest BCUT2D eigenvalue weighted by Gasteiger charge is -2.19. The molecule has 2 aromatic rings. The standard InChI is InChI=1S/C14H17ClN2O2/c1-9-12(5-6-19-9)17-13-7-10(18-2)3-4-11(13)16-14(17)8-15/h3-4,7,9,12H,5-6,8H2,1-2H3. The molecule has 1 aromatic carbocycles. The maximum absolute atomic E-state index is 6.05. The summed E-state index contributed by atoms with van der Waals surface area (Å²) >= 11 is 6.05. The van der Waals surface area contributed by atoms with E-state index in [-0.39, 0.29) is 6.10 Å². The Morgan fingerprint density at radius 1 is 1.53 bits per heavy atom. The molecule has 5 heteroatoms. The fourth-order valence-corrected chi connectivity index (χ4v) is 2.96. The lowest BCUT2D eigenvalue weighted by molar-refractivity contribution is 0.108. The minimum atomic E-state index is 0.186. The van der Waals surface area contributed by atoms with Crippen LogP contribution in [0.2, 0.25) is 0 Å². The molecule has 2 heterocycles. The minimum absolute atomic E-state index is 0.186. The number of benzene rings is 1. The van der Waals surface area contributed by atoms with Gasteiger partial charge in [-0.15, -0.1) is 11.6 Å². The predicted molar refractivity (Wildman–Crippen MR) is 74.9 cm³/mol. The molecule has 0 aliphatic carbocycles. The molecule has 0 spiro atoms. The normalized spacial score (nSPS) is 23.1. The van der Waals surface area contributed by atoms with Gasteiger partial charge in [0, 0.05) is 12.7 Å². The number of nitrogens with zero attached hydrogens (tertiary/aromatic N) is 2. The lowest BCUT2D eigenvalue weighted by Crippen LogP contribution is -2.18. The first kappa shape index (κ1) is 12.8. The summed E-state index contributed by atoms with van der Waals surface area (Å²) in [5.74, 6) is 2.13. The van der Waals surface area contributed by atoms with Gasteiger partial charge in [0.1, 0.15) is 11.6 Å². The van der Waals surface area contributed by atoms with Gasteiger partial charge in [-0.05, 0) is 25.5 Å². The molecule has 2 atom stereocenters. The van der Waals surface area contributed by atoms with Gasteiger partial charge in [-0.1, -0.05) is 0 Å². The van der Waals surface area contributed by atoms with Crippen LogP contribution in [0.4, 0.5) is 0 Å². The zero-order valence-electron chi connectivity index (χ0n) is 11.1. The second-order valence-corrected chi connectivity index (χ2v) is 5.09. The van der Waals surface area contributed by atoms with Gasteiger partial charge >= 0.3 is 0 Å². The van der Waals surface area contributed by atoms with Crippen molar-refractivity contribution in [3.63, 3.8) is 0 Å². The second kappa shape index (κ2) is 5.02. The van der Waals surface area contributed by atoms with Crippen LogP contribution in [0.3, 0.4) is 0 Å². The van der Waals surface area contributed by atoms with Crippen LogP contribution in [0.15, 0.2) is 18.2 Å². The Hall–Kier alpha value is -1.26. The fraction of sp³-hybridized carbons (Fsp3) is 0.500. The van der Waals surface area contributed by atoms with Gasteiger partial charge in [0.05, 0.1) is 36.2 Å². The van der Waals surface area contributed by atoms with Crippen LogP contribution < -0.4 is 4.74 Å². The summed E-state index contributed by atoms with van der Waals surface area (Å²) in [7, 11) is 1.67. The highest BCUT2D eigenvalue weighted by Crippen LogP contribution is 2.33. The van der Waals surface area contributed by atoms with E-state index in [1.54, 1.807) is 7.11 Å². The third-order valence-corrected chi connectivity index (χ3v) is 4.00. The van der Waals surface area contributed by atoms with E-state index >= 15 is 0 Å². The monoisotopic (exact) mass is 280 g/mol. The van der Waals surface area contributed by atoms with Crippen LogP contribution in [0.25, 0.3) is 11.0 Å². The molecule has 0 amide bonds. The van der Waals surface area contributed by atoms with E-state index in [0.717, 1.165) is 35.6 Å². The number of alkyl halides is 1. The third kappa shape index (κ3) is 2.09. The summed E-state index contributed by atoms with van der Waals surface area (Å²) in [6.45, 7) is 2.89. The Kier molecular flexibility index (Phi) is 3.37. The molecule has 1 aliphatic heterocycles. The van der Waals surface area contributed by atoms with Crippen molar-refractivity contribution in [2.75, 3.05) is 13.7 Å². The Morgan fingerprint density at radius 2 is 2.37 bits per heavy atom. The smallest absolute Gasteiger partial charge is 0.125 e. The van der Waals surface area contributed by atoms with E-state index in [1.807, 2.05) is 18.2 Å². The van der Waals surface area contributed by atoms with Crippen molar-refractivity contribution in [2.24, 2.45) is 0 Å². The third-order valence-electron chi connectivity index (χ3n) is 3.76. The highest BCUT2D eigenvalue weighted by molar-refractivity contribution is 6.16. The number of rotatable bonds is 3. The quantitative estimate of drug-likeness (QED) is 0.811. The van der Waals surface area contributed by atoms with Crippen molar-refractivity contribution in [2.45, 2.75) is 31.4 Å². The molecule has 0 saturated carbocycles. The largest absolute Gasteiger partial charge is 0.497 e. The van der Waals surface area contributed by atoms with Crippen LogP contribution in [-0.2, 0) is 10.6 Å². The number of hydrogen-bond acceptors (Lipinski definition) is 3. The summed E-state index contributed by atoms with van der Waals surface area (Å²) in [6.07, 6.45) is 1.18. The van der Waals surface area contributed by atoms with Crippen molar-refractivity contribution in [3.8, 4) is 5.75 Å². The molecule has 19 heavy (non-hydrogen) atoms. The Bertz CT molecular complexity index is 596. The first-order valence-corrected chi connectivity index (χ1v) is 7.00. The average molecular weight is 281 g/mol. The predicted octanol–water partition coefficient (Wildman–Crippen LogP) is 3.13. The maximum atomic E-state index is 6.05. The number of aromatic nitrogens is 2. The molecule has 1 fully saturated rings. The summed E-state index contributed by atoms with van der Waals surface area (Å²) in [5, 5.41) is 0. The van der Waals surface area contributed by atoms with Gasteiger partial charge in [-0.3, -0.25) is 0 Å². The van der Waals surface area contributed by atoms with Crippen molar-refractivity contribution < 1.29 is 9.47 Å². The maximum Gasteiger partial charge on any atom is 0.125 e. The highest BCUT2D eigenvalue weighted by Gasteiger charge is 2.29. The van der Waals surface area contributed by atoms with Crippen molar-refractivity contribution in [1.29, 1.82) is 0 Å². The van der Waals surface area contributed by atoms with E-state index in [1.165, 1.54) is 0 Å². The fourth-order valence-electron chi connectivity index (χ4n) is 2.77. The van der Waals surface area contributed by atoms with E-state index in [9.17, 15) is 0 Å². The van der Waals surface area contributed by atoms with E-state index in [2.05, 4.69) is 16.5 Å². The SMILES string of the molecule is COc1ccc2nc(CCl)n(C3CCOC3C)c2c1. The number of hydrogen-bond donors (Lipinski definition) is 0. The van der Waals surface area contributed by atoms with Gasteiger partial charge < -0.3 is 14.0 Å². The number of imidazole rings is 1. The second-order valence-electron chi connectivity index (χ2n) is 4.82. The van der Waals surface area contributed by atoms with Crippen molar-refractivity contribution in [3.05, 3.63) is 24.0 Å². The molecule has 1 aromatic heterocycles. The minimum Gasteiger partial charge on any atom is -0.497 e. The van der Waals surface area contributed by atoms with Crippen LogP contribution in [0.5, 0.6) is 5.75 Å². The number of methoxy groups -OCH3 is 1. The Morgan fingerprint density at radius 3 is 3.00 bits per heavy atom. The molecule has 0 radical (unpaired) electrons. The number of fused-ring (bicyclic) bond motifs is 1. The topological polar surface area (TPSA) is 36.3 Å². The molecule has 0 N–H and O–H groups in total. The summed E-state index contributed by atoms with van der Waals surface area (Å²) < 4.78 is 13.2. The van der Waals surface area contributed by atoms with Crippen LogP contribution in [0.1, 0.15) is 25.2 Å². The average Bonchev–Trinajstić information content (AvgIpc) is 3.00. The van der Waals surface area contributed by atoms with Gasteiger partial charge in [0.15, 0.2) is 0 Å². The number of ether oxygens (including phenoxy) is 2. The zero-order valence-corrected chi connectivity index (χ0v) is 11.9. The van der Waals surface area contributed by atoms with Crippen LogP contribution >= 0.6 is 11.6 Å². The van der Waals surface area contributed by atoms with E-state index in [4.69, 9.17) is 21.1 Å². The molecule has 1 aliphatic rings.